The third-order valence-electron chi connectivity index (χ3n) is 3.58. The Kier molecular flexibility index (Phi) is 2.56. The van der Waals surface area contributed by atoms with Gasteiger partial charge in [-0.2, -0.15) is 0 Å². The van der Waals surface area contributed by atoms with Crippen LogP contribution in [-0.4, -0.2) is 35.5 Å². The Bertz CT molecular complexity index is 480. The normalized spacial score (nSPS) is 27.0. The number of nitrogens with one attached hydrogen (secondary N) is 2. The van der Waals surface area contributed by atoms with Crippen molar-refractivity contribution < 1.29 is 9.59 Å². The smallest absolute Gasteiger partial charge is 0.322 e. The highest BCUT2D eigenvalue weighted by atomic mass is 16.2. The fraction of sp³-hybridized carbons (Fsp3) is 0.385. The maximum absolute atomic E-state index is 12.3. The van der Waals surface area contributed by atoms with E-state index in [2.05, 4.69) is 10.6 Å². The van der Waals surface area contributed by atoms with E-state index in [4.69, 9.17) is 0 Å². The molecule has 1 aromatic carbocycles. The molecule has 0 aliphatic carbocycles. The first-order valence-corrected chi connectivity index (χ1v) is 6.10. The molecule has 1 spiro atoms. The first-order chi connectivity index (χ1) is 8.71. The van der Waals surface area contributed by atoms with Crippen molar-refractivity contribution in [1.82, 2.24) is 15.5 Å². The highest BCUT2D eigenvalue weighted by Gasteiger charge is 2.52. The van der Waals surface area contributed by atoms with E-state index in [9.17, 15) is 9.59 Å². The van der Waals surface area contributed by atoms with Gasteiger partial charge in [-0.15, -0.1) is 0 Å². The zero-order valence-corrected chi connectivity index (χ0v) is 9.98. The molecule has 2 aliphatic heterocycles. The lowest BCUT2D eigenvalue weighted by molar-refractivity contribution is -0.131. The van der Waals surface area contributed by atoms with E-state index in [0.717, 1.165) is 12.1 Å². The third kappa shape index (κ3) is 1.67. The third-order valence-corrected chi connectivity index (χ3v) is 3.58. The summed E-state index contributed by atoms with van der Waals surface area (Å²) in [6.07, 6.45) is 0.670. The Balaban J connectivity index is 1.81. The number of rotatable bonds is 2. The van der Waals surface area contributed by atoms with E-state index in [0.29, 0.717) is 19.5 Å². The van der Waals surface area contributed by atoms with E-state index in [1.54, 1.807) is 0 Å². The molecule has 3 amide bonds. The summed E-state index contributed by atoms with van der Waals surface area (Å²) in [5.41, 5.74) is 0.260. The summed E-state index contributed by atoms with van der Waals surface area (Å²) in [7, 11) is 0. The molecular formula is C13H15N3O2. The minimum atomic E-state index is -0.703. The molecule has 3 rings (SSSR count). The Morgan fingerprint density at radius 1 is 1.22 bits per heavy atom. The van der Waals surface area contributed by atoms with Gasteiger partial charge in [0.25, 0.3) is 5.91 Å². The van der Waals surface area contributed by atoms with Crippen LogP contribution in [0.1, 0.15) is 12.0 Å². The van der Waals surface area contributed by atoms with Crippen molar-refractivity contribution in [1.29, 1.82) is 0 Å². The summed E-state index contributed by atoms with van der Waals surface area (Å²) in [6.45, 7) is 1.64. The monoisotopic (exact) mass is 245 g/mol. The average Bonchev–Trinajstić information content (AvgIpc) is 2.93. The average molecular weight is 245 g/mol. The maximum atomic E-state index is 12.3. The molecule has 2 fully saturated rings. The predicted molar refractivity (Wildman–Crippen MR) is 65.7 cm³/mol. The highest BCUT2D eigenvalue weighted by Crippen LogP contribution is 2.25. The largest absolute Gasteiger partial charge is 0.325 e. The summed E-state index contributed by atoms with van der Waals surface area (Å²) in [6, 6.07) is 9.27. The van der Waals surface area contributed by atoms with E-state index in [-0.39, 0.29) is 11.9 Å². The number of benzene rings is 1. The second-order valence-corrected chi connectivity index (χ2v) is 4.82. The molecule has 1 aromatic rings. The minimum Gasteiger partial charge on any atom is -0.322 e. The summed E-state index contributed by atoms with van der Waals surface area (Å²) in [5, 5.41) is 5.95. The van der Waals surface area contributed by atoms with Crippen molar-refractivity contribution in [3.63, 3.8) is 0 Å². The number of carbonyl (C=O) groups excluding carboxylic acids is 2. The molecule has 0 saturated carbocycles. The number of amides is 3. The van der Waals surface area contributed by atoms with Gasteiger partial charge in [-0.05, 0) is 18.5 Å². The van der Waals surface area contributed by atoms with E-state index >= 15 is 0 Å². The summed E-state index contributed by atoms with van der Waals surface area (Å²) >= 11 is 0. The van der Waals surface area contributed by atoms with Gasteiger partial charge >= 0.3 is 6.03 Å². The zero-order chi connectivity index (χ0) is 12.6. The number of hydrogen-bond acceptors (Lipinski definition) is 3. The highest BCUT2D eigenvalue weighted by molar-refractivity contribution is 6.07. The van der Waals surface area contributed by atoms with Crippen LogP contribution >= 0.6 is 0 Å². The van der Waals surface area contributed by atoms with E-state index in [1.165, 1.54) is 4.90 Å². The van der Waals surface area contributed by atoms with E-state index < -0.39 is 5.54 Å². The van der Waals surface area contributed by atoms with Gasteiger partial charge < -0.3 is 10.6 Å². The van der Waals surface area contributed by atoms with Crippen molar-refractivity contribution in [2.75, 3.05) is 13.1 Å². The summed E-state index contributed by atoms with van der Waals surface area (Å²) in [4.78, 5) is 25.6. The van der Waals surface area contributed by atoms with Gasteiger partial charge in [-0.1, -0.05) is 30.3 Å². The Labute approximate surface area is 105 Å². The van der Waals surface area contributed by atoms with Crippen molar-refractivity contribution in [3.05, 3.63) is 35.9 Å². The molecule has 5 heteroatoms. The standard InChI is InChI=1S/C13H15N3O2/c17-11-13(6-7-14-9-13)15-12(18)16(11)8-10-4-2-1-3-5-10/h1-5,14H,6-9H2,(H,15,18). The predicted octanol–water partition coefficient (Wildman–Crippen LogP) is 0.470. The number of nitrogens with zero attached hydrogens (tertiary/aromatic N) is 1. The second kappa shape index (κ2) is 4.10. The molecule has 94 valence electrons. The molecule has 2 heterocycles. The molecule has 0 bridgehead atoms. The molecule has 2 N–H and O–H groups in total. The van der Waals surface area contributed by atoms with Crippen LogP contribution in [-0.2, 0) is 11.3 Å². The summed E-state index contributed by atoms with van der Waals surface area (Å²) < 4.78 is 0. The lowest BCUT2D eigenvalue weighted by Crippen LogP contribution is -2.48. The lowest BCUT2D eigenvalue weighted by atomic mass is 9.99. The Morgan fingerprint density at radius 2 is 2.00 bits per heavy atom. The molecule has 0 aromatic heterocycles. The van der Waals surface area contributed by atoms with Crippen LogP contribution in [0.3, 0.4) is 0 Å². The van der Waals surface area contributed by atoms with Gasteiger partial charge in [0.1, 0.15) is 5.54 Å². The van der Waals surface area contributed by atoms with Crippen LogP contribution < -0.4 is 10.6 Å². The van der Waals surface area contributed by atoms with E-state index in [1.807, 2.05) is 30.3 Å². The van der Waals surface area contributed by atoms with Gasteiger partial charge in [-0.25, -0.2) is 4.79 Å². The topological polar surface area (TPSA) is 61.4 Å². The molecule has 1 unspecified atom stereocenters. The van der Waals surface area contributed by atoms with Crippen LogP contribution in [0, 0.1) is 0 Å². The molecule has 5 nitrogen and oxygen atoms in total. The number of carbonyl (C=O) groups is 2. The van der Waals surface area contributed by atoms with Gasteiger partial charge in [0.05, 0.1) is 6.54 Å². The molecule has 1 atom stereocenters. The fourth-order valence-corrected chi connectivity index (χ4v) is 2.57. The van der Waals surface area contributed by atoms with Gasteiger partial charge in [0, 0.05) is 6.54 Å². The first-order valence-electron chi connectivity index (χ1n) is 6.10. The molecule has 18 heavy (non-hydrogen) atoms. The van der Waals surface area contributed by atoms with Gasteiger partial charge in [-0.3, -0.25) is 9.69 Å². The first kappa shape index (κ1) is 11.2. The van der Waals surface area contributed by atoms with Crippen LogP contribution in [0.4, 0.5) is 4.79 Å². The van der Waals surface area contributed by atoms with Crippen molar-refractivity contribution in [2.24, 2.45) is 0 Å². The number of urea groups is 1. The summed E-state index contributed by atoms with van der Waals surface area (Å²) in [5.74, 6) is -0.110. The zero-order valence-electron chi connectivity index (χ0n) is 9.98. The van der Waals surface area contributed by atoms with Crippen LogP contribution in [0.15, 0.2) is 30.3 Å². The Morgan fingerprint density at radius 3 is 2.67 bits per heavy atom. The van der Waals surface area contributed by atoms with Crippen molar-refractivity contribution in [3.8, 4) is 0 Å². The number of hydrogen-bond donors (Lipinski definition) is 2. The molecule has 2 aliphatic rings. The van der Waals surface area contributed by atoms with Gasteiger partial charge in [0.2, 0.25) is 0 Å². The van der Waals surface area contributed by atoms with Crippen molar-refractivity contribution in [2.45, 2.75) is 18.5 Å². The van der Waals surface area contributed by atoms with Crippen molar-refractivity contribution >= 4 is 11.9 Å². The quantitative estimate of drug-likeness (QED) is 0.745. The minimum absolute atomic E-state index is 0.110. The molecule has 2 saturated heterocycles. The van der Waals surface area contributed by atoms with Crippen LogP contribution in [0.5, 0.6) is 0 Å². The number of imide groups is 1. The van der Waals surface area contributed by atoms with Crippen LogP contribution in [0.25, 0.3) is 0 Å². The lowest BCUT2D eigenvalue weighted by Gasteiger charge is -2.19. The fourth-order valence-electron chi connectivity index (χ4n) is 2.57. The SMILES string of the molecule is O=C1NC2(CCNC2)C(=O)N1Cc1ccccc1. The molecule has 0 radical (unpaired) electrons. The maximum Gasteiger partial charge on any atom is 0.325 e. The Hall–Kier alpha value is -1.88. The van der Waals surface area contributed by atoms with Gasteiger partial charge in [0.15, 0.2) is 0 Å². The second-order valence-electron chi connectivity index (χ2n) is 4.82. The van der Waals surface area contributed by atoms with Crippen LogP contribution in [0.2, 0.25) is 0 Å². The molecular weight excluding hydrogens is 230 g/mol.